The van der Waals surface area contributed by atoms with Gasteiger partial charge in [0.2, 0.25) is 23.6 Å². The molecule has 0 radical (unpaired) electrons. The van der Waals surface area contributed by atoms with Crippen LogP contribution in [0.4, 0.5) is 4.79 Å². The molecule has 0 aliphatic carbocycles. The van der Waals surface area contributed by atoms with Gasteiger partial charge in [-0.2, -0.15) is 0 Å². The Hall–Kier alpha value is -7.33. The van der Waals surface area contributed by atoms with Gasteiger partial charge in [0.05, 0.1) is 6.04 Å². The van der Waals surface area contributed by atoms with Crippen LogP contribution in [0.15, 0.2) is 71.7 Å². The third-order valence-electron chi connectivity index (χ3n) is 10.9. The molecule has 1 heterocycles. The van der Waals surface area contributed by atoms with Crippen molar-refractivity contribution in [1.29, 1.82) is 0 Å². The quantitative estimate of drug-likeness (QED) is 0.0202. The Kier molecular flexibility index (Phi) is 19.4. The SMILES string of the molecule is CC(=O)OC[C@H](N)C(=O)N[C@@H](Cc1ccc(O)cc1)C(=O)N(C(=O)[C@H](N)Cc1cccc2ccccc12)[C@@H](CC(C)C)C(=O)N[C@@H](CCCN=C(N)N)C(=O)N1CCC[C@H]1C(=O)NNC(N)=O. The Morgan fingerprint density at radius 2 is 1.51 bits per heavy atom. The number of aromatic hydroxyl groups is 1. The number of carbonyl (C=O) groups excluding carboxylic acids is 8. The van der Waals surface area contributed by atoms with Crippen LogP contribution in [0.25, 0.3) is 10.8 Å². The molecule has 1 saturated heterocycles. The highest BCUT2D eigenvalue weighted by atomic mass is 16.5. The van der Waals surface area contributed by atoms with Crippen molar-refractivity contribution >= 4 is 64.2 Å². The van der Waals surface area contributed by atoms with E-state index in [0.29, 0.717) is 17.5 Å². The van der Waals surface area contributed by atoms with Crippen molar-refractivity contribution in [3.63, 3.8) is 0 Å². The van der Waals surface area contributed by atoms with Crippen molar-refractivity contribution in [1.82, 2.24) is 31.3 Å². The van der Waals surface area contributed by atoms with E-state index in [4.69, 9.17) is 33.4 Å². The molecule has 15 N–H and O–H groups in total. The van der Waals surface area contributed by atoms with E-state index in [2.05, 4.69) is 21.1 Å². The van der Waals surface area contributed by atoms with E-state index in [1.54, 1.807) is 26.0 Å². The minimum absolute atomic E-state index is 0.0498. The summed E-state index contributed by atoms with van der Waals surface area (Å²) in [6, 6.07) is 8.96. The van der Waals surface area contributed by atoms with Crippen LogP contribution in [0.1, 0.15) is 64.0 Å². The average molecular weight is 931 g/mol. The van der Waals surface area contributed by atoms with Gasteiger partial charge in [0.1, 0.15) is 42.6 Å². The van der Waals surface area contributed by atoms with E-state index in [1.165, 1.54) is 29.2 Å². The van der Waals surface area contributed by atoms with Gasteiger partial charge in [-0.15, -0.1) is 0 Å². The van der Waals surface area contributed by atoms with E-state index >= 15 is 9.59 Å². The first-order valence-electron chi connectivity index (χ1n) is 21.8. The number of nitrogens with zero attached hydrogens (tertiary/aromatic N) is 3. The van der Waals surface area contributed by atoms with Crippen LogP contribution in [0.2, 0.25) is 0 Å². The number of benzene rings is 3. The van der Waals surface area contributed by atoms with Gasteiger partial charge in [0.25, 0.3) is 11.8 Å². The molecule has 1 aliphatic heterocycles. The Bertz CT molecular complexity index is 2280. The number of primary amides is 1. The molecule has 8 amide bonds. The van der Waals surface area contributed by atoms with Crippen molar-refractivity contribution < 1.29 is 48.2 Å². The van der Waals surface area contributed by atoms with Crippen LogP contribution in [0, 0.1) is 5.92 Å². The maximum absolute atomic E-state index is 15.3. The first-order valence-corrected chi connectivity index (χ1v) is 21.8. The van der Waals surface area contributed by atoms with Crippen molar-refractivity contribution in [2.45, 2.75) is 102 Å². The number of amides is 8. The maximum Gasteiger partial charge on any atom is 0.330 e. The summed E-state index contributed by atoms with van der Waals surface area (Å²) in [6.07, 6.45) is 0.182. The van der Waals surface area contributed by atoms with E-state index in [0.717, 1.165) is 22.6 Å². The highest BCUT2D eigenvalue weighted by molar-refractivity contribution is 6.06. The van der Waals surface area contributed by atoms with Gasteiger partial charge in [-0.3, -0.25) is 48.9 Å². The Labute approximate surface area is 387 Å². The number of phenolic OH excluding ortho intramolecular Hbond substituents is 1. The Morgan fingerprint density at radius 3 is 2.16 bits per heavy atom. The summed E-state index contributed by atoms with van der Waals surface area (Å²) in [5, 5.41) is 17.0. The maximum atomic E-state index is 15.3. The van der Waals surface area contributed by atoms with Crippen LogP contribution in [0.3, 0.4) is 0 Å². The zero-order valence-electron chi connectivity index (χ0n) is 37.8. The molecule has 6 atom stereocenters. The summed E-state index contributed by atoms with van der Waals surface area (Å²) >= 11 is 0. The van der Waals surface area contributed by atoms with Gasteiger partial charge < -0.3 is 54.0 Å². The standard InChI is InChI=1S/C45H62N12O10/c1-25(2)21-37(39(61)52-34(13-7-19-51-44(48)49)42(64)56-20-8-14-36(56)40(62)54-55-45(50)66)57(41(63)32(46)23-29-11-6-10-28-9-4-5-12-31(28)29)43(65)35(22-27-15-17-30(59)18-16-27)53-38(60)33(47)24-67-26(3)58/h4-6,9-12,15-18,25,32-37,59H,7-8,13-14,19-24,46-47H2,1-3H3,(H,52,61)(H,53,60)(H,54,62)(H4,48,49,51)(H3,50,55,66)/t32-,33+,34+,35+,36+,37+/m1/s1. The lowest BCUT2D eigenvalue weighted by molar-refractivity contribution is -0.156. The number of hydrazine groups is 1. The topological polar surface area (TPSA) is 363 Å². The molecule has 362 valence electrons. The zero-order valence-corrected chi connectivity index (χ0v) is 37.8. The van der Waals surface area contributed by atoms with Gasteiger partial charge in [-0.25, -0.2) is 10.2 Å². The number of ether oxygens (including phenoxy) is 1. The van der Waals surface area contributed by atoms with Crippen LogP contribution in [-0.2, 0) is 51.1 Å². The van der Waals surface area contributed by atoms with E-state index in [-0.39, 0.29) is 69.2 Å². The largest absolute Gasteiger partial charge is 0.508 e. The summed E-state index contributed by atoms with van der Waals surface area (Å²) < 4.78 is 4.93. The second-order valence-electron chi connectivity index (χ2n) is 16.7. The molecule has 0 saturated carbocycles. The average Bonchev–Trinajstić information content (AvgIpc) is 3.78. The number of rotatable bonds is 21. The molecule has 67 heavy (non-hydrogen) atoms. The molecule has 3 aromatic rings. The lowest BCUT2D eigenvalue weighted by Gasteiger charge is -2.36. The van der Waals surface area contributed by atoms with Gasteiger partial charge >= 0.3 is 12.0 Å². The van der Waals surface area contributed by atoms with Crippen molar-refractivity contribution in [3.05, 3.63) is 77.9 Å². The van der Waals surface area contributed by atoms with Crippen LogP contribution in [-0.4, -0.2) is 124 Å². The summed E-state index contributed by atoms with van der Waals surface area (Å²) in [5.74, 6) is -6.73. The zero-order chi connectivity index (χ0) is 49.4. The smallest absolute Gasteiger partial charge is 0.330 e. The molecule has 1 aliphatic rings. The van der Waals surface area contributed by atoms with E-state index in [9.17, 15) is 33.9 Å². The first-order chi connectivity index (χ1) is 31.8. The number of aliphatic imine (C=N–C) groups is 1. The van der Waals surface area contributed by atoms with Crippen molar-refractivity contribution in [2.24, 2.45) is 39.6 Å². The van der Waals surface area contributed by atoms with E-state index < -0.39 is 90.3 Å². The molecule has 4 rings (SSSR count). The van der Waals surface area contributed by atoms with Crippen LogP contribution >= 0.6 is 0 Å². The number of imide groups is 1. The molecule has 0 spiro atoms. The normalized spacial score (nSPS) is 15.6. The number of nitrogens with two attached hydrogens (primary N) is 5. The molecule has 22 heteroatoms. The number of phenols is 1. The van der Waals surface area contributed by atoms with Crippen molar-refractivity contribution in [3.8, 4) is 5.75 Å². The predicted molar refractivity (Wildman–Crippen MR) is 247 cm³/mol. The van der Waals surface area contributed by atoms with Gasteiger partial charge in [-0.05, 0) is 78.5 Å². The minimum atomic E-state index is -1.65. The summed E-state index contributed by atoms with van der Waals surface area (Å²) in [5.41, 5.74) is 34.3. The summed E-state index contributed by atoms with van der Waals surface area (Å²) in [7, 11) is 0. The molecule has 0 aromatic heterocycles. The summed E-state index contributed by atoms with van der Waals surface area (Å²) in [6.45, 7) is 4.23. The fourth-order valence-electron chi connectivity index (χ4n) is 7.70. The predicted octanol–water partition coefficient (Wildman–Crippen LogP) is -0.968. The number of hydrogen-bond acceptors (Lipinski definition) is 13. The second-order valence-corrected chi connectivity index (χ2v) is 16.7. The lowest BCUT2D eigenvalue weighted by Crippen LogP contribution is -2.64. The third-order valence-corrected chi connectivity index (χ3v) is 10.9. The van der Waals surface area contributed by atoms with Gasteiger partial charge in [0.15, 0.2) is 5.96 Å². The number of hydrogen-bond donors (Lipinski definition) is 10. The second kappa shape index (κ2) is 24.8. The fourth-order valence-corrected chi connectivity index (χ4v) is 7.70. The number of carbonyl (C=O) groups is 8. The number of urea groups is 1. The lowest BCUT2D eigenvalue weighted by atomic mass is 9.95. The van der Waals surface area contributed by atoms with Crippen LogP contribution in [0.5, 0.6) is 5.75 Å². The third kappa shape index (κ3) is 15.4. The monoisotopic (exact) mass is 930 g/mol. The van der Waals surface area contributed by atoms with Gasteiger partial charge in [0, 0.05) is 26.4 Å². The fraction of sp³-hybridized carbons (Fsp3) is 0.444. The van der Waals surface area contributed by atoms with Gasteiger partial charge in [-0.1, -0.05) is 68.4 Å². The molecule has 22 nitrogen and oxygen atoms in total. The number of esters is 1. The van der Waals surface area contributed by atoms with Crippen LogP contribution < -0.4 is 50.2 Å². The molecule has 1 fully saturated rings. The highest BCUT2D eigenvalue weighted by Gasteiger charge is 2.43. The molecule has 3 aromatic carbocycles. The first kappa shape index (κ1) is 52.3. The molecular weight excluding hydrogens is 869 g/mol. The molecule has 0 unspecified atom stereocenters. The minimum Gasteiger partial charge on any atom is -0.508 e. The number of fused-ring (bicyclic) bond motifs is 1. The Balaban J connectivity index is 1.82. The Morgan fingerprint density at radius 1 is 0.836 bits per heavy atom. The number of nitrogens with one attached hydrogen (secondary N) is 4. The molecular formula is C45H62N12O10. The number of likely N-dealkylation sites (tertiary alicyclic amines) is 1. The highest BCUT2D eigenvalue weighted by Crippen LogP contribution is 2.24. The van der Waals surface area contributed by atoms with E-state index in [1.807, 2.05) is 35.8 Å². The molecule has 0 bridgehead atoms. The van der Waals surface area contributed by atoms with Crippen molar-refractivity contribution in [2.75, 3.05) is 19.7 Å². The summed E-state index contributed by atoms with van der Waals surface area (Å²) in [4.78, 5) is 115. The number of guanidine groups is 1.